The van der Waals surface area contributed by atoms with Gasteiger partial charge < -0.3 is 9.84 Å². The number of ether oxygens (including phenoxy) is 1. The maximum Gasteiger partial charge on any atom is 0.282 e. The molecule has 1 fully saturated rings. The van der Waals surface area contributed by atoms with E-state index in [1.807, 2.05) is 13.8 Å². The molecule has 0 saturated carbocycles. The Morgan fingerprint density at radius 2 is 2.03 bits per heavy atom. The predicted octanol–water partition coefficient (Wildman–Crippen LogP) is 1.73. The molecule has 1 atom stereocenters. The van der Waals surface area contributed by atoms with E-state index in [1.54, 1.807) is 12.4 Å². The number of anilines is 1. The fraction of sp³-hybridized carbons (Fsp3) is 0.600. The highest BCUT2D eigenvalue weighted by Crippen LogP contribution is 2.25. The van der Waals surface area contributed by atoms with Crippen LogP contribution in [-0.2, 0) is 27.6 Å². The Morgan fingerprint density at radius 1 is 1.29 bits per heavy atom. The van der Waals surface area contributed by atoms with E-state index in [4.69, 9.17) is 4.74 Å². The molecule has 0 radical (unpaired) electrons. The zero-order valence-corrected chi connectivity index (χ0v) is 18.7. The van der Waals surface area contributed by atoms with Crippen LogP contribution in [0.3, 0.4) is 0 Å². The molecule has 0 spiro atoms. The van der Waals surface area contributed by atoms with Crippen molar-refractivity contribution in [3.8, 4) is 5.88 Å². The molecule has 31 heavy (non-hydrogen) atoms. The summed E-state index contributed by atoms with van der Waals surface area (Å²) in [7, 11) is -3.94. The molecule has 0 aromatic carbocycles. The number of aromatic nitrogens is 4. The molecular weight excluding hydrogens is 422 g/mol. The minimum Gasteiger partial charge on any atom is -0.492 e. The van der Waals surface area contributed by atoms with Gasteiger partial charge in [-0.2, -0.15) is 4.98 Å². The van der Waals surface area contributed by atoms with Crippen LogP contribution in [0.4, 0.5) is 5.69 Å². The average molecular weight is 452 g/mol. The molecule has 0 bridgehead atoms. The molecule has 0 aliphatic carbocycles. The summed E-state index contributed by atoms with van der Waals surface area (Å²) in [5.74, 6) is -0.126. The molecule has 1 saturated heterocycles. The molecule has 1 aliphatic rings. The first-order valence-corrected chi connectivity index (χ1v) is 12.2. The van der Waals surface area contributed by atoms with Gasteiger partial charge in [-0.15, -0.1) is 0 Å². The van der Waals surface area contributed by atoms with Crippen LogP contribution in [0, 0.1) is 6.92 Å². The Bertz CT molecular complexity index is 1050. The van der Waals surface area contributed by atoms with Gasteiger partial charge in [0.15, 0.2) is 5.69 Å². The summed E-state index contributed by atoms with van der Waals surface area (Å²) in [6, 6.07) is -0.245. The van der Waals surface area contributed by atoms with Gasteiger partial charge in [-0.05, 0) is 31.7 Å². The molecule has 2 aromatic heterocycles. The third kappa shape index (κ3) is 6.01. The zero-order valence-electron chi connectivity index (χ0n) is 17.9. The largest absolute Gasteiger partial charge is 0.492 e. The van der Waals surface area contributed by atoms with E-state index in [2.05, 4.69) is 19.7 Å². The fourth-order valence-corrected chi connectivity index (χ4v) is 4.49. The van der Waals surface area contributed by atoms with Crippen LogP contribution >= 0.6 is 0 Å². The number of sulfonamides is 1. The SMILES string of the molecule is CCCCc1nc(O)c(NS(=O)(=O)CCc2ncc(C)cn2)c(=O)n1[C@H]1CCCOC1. The van der Waals surface area contributed by atoms with Crippen LogP contribution in [0.2, 0.25) is 0 Å². The van der Waals surface area contributed by atoms with Gasteiger partial charge in [-0.1, -0.05) is 13.3 Å². The summed E-state index contributed by atoms with van der Waals surface area (Å²) >= 11 is 0. The van der Waals surface area contributed by atoms with E-state index in [-0.39, 0.29) is 18.2 Å². The number of hydrogen-bond acceptors (Lipinski definition) is 8. The third-order valence-corrected chi connectivity index (χ3v) is 6.37. The van der Waals surface area contributed by atoms with E-state index in [0.29, 0.717) is 31.3 Å². The van der Waals surface area contributed by atoms with Crippen LogP contribution in [-0.4, -0.2) is 52.0 Å². The summed E-state index contributed by atoms with van der Waals surface area (Å²) in [5, 5.41) is 10.4. The van der Waals surface area contributed by atoms with Gasteiger partial charge in [0.1, 0.15) is 11.6 Å². The first-order chi connectivity index (χ1) is 14.8. The maximum absolute atomic E-state index is 13.2. The van der Waals surface area contributed by atoms with E-state index in [0.717, 1.165) is 31.2 Å². The number of aromatic hydroxyl groups is 1. The van der Waals surface area contributed by atoms with Gasteiger partial charge in [-0.25, -0.2) is 18.4 Å². The smallest absolute Gasteiger partial charge is 0.282 e. The molecule has 11 heteroatoms. The lowest BCUT2D eigenvalue weighted by Crippen LogP contribution is -2.36. The summed E-state index contributed by atoms with van der Waals surface area (Å²) in [6.07, 6.45) is 7.01. The Balaban J connectivity index is 1.87. The van der Waals surface area contributed by atoms with Crippen molar-refractivity contribution in [2.75, 3.05) is 23.7 Å². The zero-order chi connectivity index (χ0) is 22.4. The highest BCUT2D eigenvalue weighted by atomic mass is 32.2. The lowest BCUT2D eigenvalue weighted by Gasteiger charge is -2.27. The monoisotopic (exact) mass is 451 g/mol. The minimum atomic E-state index is -3.94. The number of nitrogens with one attached hydrogen (secondary N) is 1. The molecule has 2 aromatic rings. The standard InChI is InChI=1S/C20H29N5O5S/c1-3-4-7-17-23-19(26)18(20(27)25(17)15-6-5-9-30-13-15)24-31(28,29)10-8-16-21-11-14(2)12-22-16/h11-12,15,24,26H,3-10,13H2,1-2H3/t15-/m0/s1. The molecule has 170 valence electrons. The van der Waals surface area contributed by atoms with Crippen molar-refractivity contribution in [1.29, 1.82) is 0 Å². The molecule has 3 heterocycles. The van der Waals surface area contributed by atoms with Crippen molar-refractivity contribution in [2.45, 2.75) is 58.4 Å². The van der Waals surface area contributed by atoms with Crippen molar-refractivity contribution >= 4 is 15.7 Å². The van der Waals surface area contributed by atoms with Crippen molar-refractivity contribution in [3.05, 3.63) is 40.0 Å². The first-order valence-electron chi connectivity index (χ1n) is 10.5. The van der Waals surface area contributed by atoms with Gasteiger partial charge in [0.2, 0.25) is 15.9 Å². The Kier molecular flexibility index (Phi) is 7.60. The lowest BCUT2D eigenvalue weighted by atomic mass is 10.1. The summed E-state index contributed by atoms with van der Waals surface area (Å²) in [6.45, 7) is 4.83. The lowest BCUT2D eigenvalue weighted by molar-refractivity contribution is 0.0564. The predicted molar refractivity (Wildman–Crippen MR) is 116 cm³/mol. The number of rotatable bonds is 9. The van der Waals surface area contributed by atoms with Gasteiger partial charge in [0, 0.05) is 31.8 Å². The number of hydrogen-bond donors (Lipinski definition) is 2. The van der Waals surface area contributed by atoms with Gasteiger partial charge in [-0.3, -0.25) is 14.1 Å². The Labute approximate surface area is 181 Å². The summed E-state index contributed by atoms with van der Waals surface area (Å²) in [4.78, 5) is 25.6. The summed E-state index contributed by atoms with van der Waals surface area (Å²) in [5.41, 5.74) is -0.170. The Morgan fingerprint density at radius 3 is 2.68 bits per heavy atom. The van der Waals surface area contributed by atoms with Crippen LogP contribution in [0.5, 0.6) is 5.88 Å². The topological polar surface area (TPSA) is 136 Å². The second-order valence-electron chi connectivity index (χ2n) is 7.72. The normalized spacial score (nSPS) is 16.9. The summed E-state index contributed by atoms with van der Waals surface area (Å²) < 4.78 is 34.4. The third-order valence-electron chi connectivity index (χ3n) is 5.11. The second kappa shape index (κ2) is 10.2. The minimum absolute atomic E-state index is 0.0725. The van der Waals surface area contributed by atoms with Crippen LogP contribution in [0.1, 0.15) is 55.9 Å². The first kappa shape index (κ1) is 23.1. The number of unbranched alkanes of at least 4 members (excludes halogenated alkanes) is 1. The van der Waals surface area contributed by atoms with E-state index < -0.39 is 27.1 Å². The van der Waals surface area contributed by atoms with Crippen LogP contribution < -0.4 is 10.3 Å². The molecule has 2 N–H and O–H groups in total. The maximum atomic E-state index is 13.2. The molecule has 0 unspecified atom stereocenters. The highest BCUT2D eigenvalue weighted by Gasteiger charge is 2.26. The van der Waals surface area contributed by atoms with Crippen molar-refractivity contribution in [3.63, 3.8) is 0 Å². The van der Waals surface area contributed by atoms with Gasteiger partial charge >= 0.3 is 0 Å². The van der Waals surface area contributed by atoms with Crippen molar-refractivity contribution in [1.82, 2.24) is 19.5 Å². The Hall–Kier alpha value is -2.53. The average Bonchev–Trinajstić information content (AvgIpc) is 2.75. The fourth-order valence-electron chi connectivity index (χ4n) is 3.45. The molecule has 0 amide bonds. The molecule has 1 aliphatic heterocycles. The number of nitrogens with zero attached hydrogens (tertiary/aromatic N) is 4. The van der Waals surface area contributed by atoms with Gasteiger partial charge in [0.05, 0.1) is 18.4 Å². The van der Waals surface area contributed by atoms with Crippen molar-refractivity contribution in [2.24, 2.45) is 0 Å². The van der Waals surface area contributed by atoms with E-state index >= 15 is 0 Å². The highest BCUT2D eigenvalue weighted by molar-refractivity contribution is 7.92. The van der Waals surface area contributed by atoms with E-state index in [9.17, 15) is 18.3 Å². The quantitative estimate of drug-likeness (QED) is 0.588. The van der Waals surface area contributed by atoms with E-state index in [1.165, 1.54) is 4.57 Å². The molecule has 3 rings (SSSR count). The van der Waals surface area contributed by atoms with Crippen LogP contribution in [0.15, 0.2) is 17.2 Å². The second-order valence-corrected chi connectivity index (χ2v) is 9.57. The van der Waals surface area contributed by atoms with Crippen molar-refractivity contribution < 1.29 is 18.3 Å². The molecular formula is C20H29N5O5S. The van der Waals surface area contributed by atoms with Crippen LogP contribution in [0.25, 0.3) is 0 Å². The molecule has 10 nitrogen and oxygen atoms in total. The number of aryl methyl sites for hydroxylation is 3. The van der Waals surface area contributed by atoms with Gasteiger partial charge in [0.25, 0.3) is 5.56 Å².